The Morgan fingerprint density at radius 1 is 1.24 bits per heavy atom. The second-order valence-corrected chi connectivity index (χ2v) is 8.76. The average Bonchev–Trinajstić information content (AvgIpc) is 3.49. The van der Waals surface area contributed by atoms with Gasteiger partial charge in [0.2, 0.25) is 0 Å². The van der Waals surface area contributed by atoms with Gasteiger partial charge in [0.15, 0.2) is 0 Å². The summed E-state index contributed by atoms with van der Waals surface area (Å²) < 4.78 is 2.06. The van der Waals surface area contributed by atoms with Crippen molar-refractivity contribution < 1.29 is 4.79 Å². The molecular formula is C19H26N4O2. The fourth-order valence-electron chi connectivity index (χ4n) is 4.49. The fraction of sp³-hybridized carbons (Fsp3) is 0.737. The number of aromatic nitrogens is 2. The Bertz CT molecular complexity index is 765. The quantitative estimate of drug-likeness (QED) is 0.868. The molecule has 1 unspecified atom stereocenters. The molecule has 0 bridgehead atoms. The lowest BCUT2D eigenvalue weighted by atomic mass is 9.86. The van der Waals surface area contributed by atoms with Gasteiger partial charge in [-0.1, -0.05) is 0 Å². The van der Waals surface area contributed by atoms with Crippen molar-refractivity contribution in [2.75, 3.05) is 26.2 Å². The summed E-state index contributed by atoms with van der Waals surface area (Å²) in [7, 11) is 0. The number of hydrogen-bond donors (Lipinski definition) is 1. The minimum atomic E-state index is -0.371. The summed E-state index contributed by atoms with van der Waals surface area (Å²) in [6.07, 6.45) is 8.93. The molecule has 5 rings (SSSR count). The lowest BCUT2D eigenvalue weighted by Gasteiger charge is -2.22. The molecule has 1 N–H and O–H groups in total. The van der Waals surface area contributed by atoms with Gasteiger partial charge in [-0.3, -0.25) is 9.59 Å². The van der Waals surface area contributed by atoms with Crippen LogP contribution in [0.4, 0.5) is 0 Å². The van der Waals surface area contributed by atoms with E-state index in [9.17, 15) is 9.59 Å². The highest BCUT2D eigenvalue weighted by Gasteiger charge is 2.44. The predicted molar refractivity (Wildman–Crippen MR) is 93.5 cm³/mol. The monoisotopic (exact) mass is 342 g/mol. The maximum absolute atomic E-state index is 12.3. The first-order valence-electron chi connectivity index (χ1n) is 9.71. The first-order valence-corrected chi connectivity index (χ1v) is 9.71. The number of nitrogens with zero attached hydrogens (tertiary/aromatic N) is 3. The number of likely N-dealkylation sites (tertiary alicyclic amines) is 1. The molecule has 0 aromatic carbocycles. The van der Waals surface area contributed by atoms with Gasteiger partial charge in [0.05, 0.1) is 0 Å². The summed E-state index contributed by atoms with van der Waals surface area (Å²) in [5, 5.41) is 2.89. The van der Waals surface area contributed by atoms with Gasteiger partial charge in [-0.05, 0) is 50.5 Å². The van der Waals surface area contributed by atoms with E-state index in [4.69, 9.17) is 0 Å². The van der Waals surface area contributed by atoms with Crippen molar-refractivity contribution in [1.29, 1.82) is 0 Å². The largest absolute Gasteiger partial charge is 0.352 e. The molecule has 1 aromatic heterocycles. The molecule has 1 spiro atoms. The zero-order valence-electron chi connectivity index (χ0n) is 14.7. The van der Waals surface area contributed by atoms with Crippen LogP contribution in [0.3, 0.4) is 0 Å². The van der Waals surface area contributed by atoms with E-state index < -0.39 is 0 Å². The van der Waals surface area contributed by atoms with Gasteiger partial charge in [-0.15, -0.1) is 0 Å². The van der Waals surface area contributed by atoms with Crippen molar-refractivity contribution in [2.24, 2.45) is 17.3 Å². The summed E-state index contributed by atoms with van der Waals surface area (Å²) in [6, 6.07) is 0. The van der Waals surface area contributed by atoms with Crippen LogP contribution in [0.5, 0.6) is 0 Å². The molecule has 4 aliphatic rings. The van der Waals surface area contributed by atoms with Gasteiger partial charge in [-0.2, -0.15) is 4.98 Å². The van der Waals surface area contributed by atoms with Crippen LogP contribution in [0, 0.1) is 17.3 Å². The van der Waals surface area contributed by atoms with Crippen LogP contribution < -0.4 is 10.9 Å². The second-order valence-electron chi connectivity index (χ2n) is 8.76. The Balaban J connectivity index is 1.30. The Morgan fingerprint density at radius 3 is 2.80 bits per heavy atom. The first-order chi connectivity index (χ1) is 12.1. The molecular weight excluding hydrogens is 316 g/mol. The number of amides is 1. The maximum atomic E-state index is 12.3. The van der Waals surface area contributed by atoms with E-state index >= 15 is 0 Å². The van der Waals surface area contributed by atoms with Crippen molar-refractivity contribution in [3.8, 4) is 0 Å². The SMILES string of the molecule is O=C(NCC1CC1)c1cn2c(nc1=O)CC1(CCN(CC3CC3)C1)C2. The highest BCUT2D eigenvalue weighted by Crippen LogP contribution is 2.41. The molecule has 3 fully saturated rings. The van der Waals surface area contributed by atoms with Crippen LogP contribution in [0.2, 0.25) is 0 Å². The third-order valence-corrected chi connectivity index (χ3v) is 6.34. The van der Waals surface area contributed by atoms with Crippen LogP contribution in [-0.2, 0) is 13.0 Å². The highest BCUT2D eigenvalue weighted by atomic mass is 16.2. The standard InChI is InChI=1S/C19H26N4O2/c24-17(20-8-13-1-2-13)15-10-23-12-19(7-16(23)21-18(15)25)5-6-22(11-19)9-14-3-4-14/h10,13-14H,1-9,11-12H2,(H,20,24). The molecule has 134 valence electrons. The van der Waals surface area contributed by atoms with E-state index in [0.29, 0.717) is 12.5 Å². The zero-order valence-corrected chi connectivity index (χ0v) is 14.7. The molecule has 1 atom stereocenters. The van der Waals surface area contributed by atoms with Gasteiger partial charge in [0.1, 0.15) is 11.4 Å². The summed E-state index contributed by atoms with van der Waals surface area (Å²) in [4.78, 5) is 31.5. The Labute approximate surface area is 147 Å². The van der Waals surface area contributed by atoms with Crippen molar-refractivity contribution in [2.45, 2.75) is 45.1 Å². The molecule has 1 amide bonds. The van der Waals surface area contributed by atoms with Gasteiger partial charge >= 0.3 is 0 Å². The third kappa shape index (κ3) is 3.12. The minimum absolute atomic E-state index is 0.203. The van der Waals surface area contributed by atoms with Crippen LogP contribution in [0.25, 0.3) is 0 Å². The normalized spacial score (nSPS) is 28.5. The lowest BCUT2D eigenvalue weighted by molar-refractivity contribution is 0.0949. The van der Waals surface area contributed by atoms with Crippen molar-refractivity contribution >= 4 is 5.91 Å². The van der Waals surface area contributed by atoms with Gasteiger partial charge in [0.25, 0.3) is 11.5 Å². The third-order valence-electron chi connectivity index (χ3n) is 6.34. The topological polar surface area (TPSA) is 67.2 Å². The van der Waals surface area contributed by atoms with Crippen molar-refractivity contribution in [3.05, 3.63) is 27.9 Å². The molecule has 1 aromatic rings. The van der Waals surface area contributed by atoms with Gasteiger partial charge in [0, 0.05) is 44.2 Å². The summed E-state index contributed by atoms with van der Waals surface area (Å²) in [5.74, 6) is 2.12. The van der Waals surface area contributed by atoms with Crippen LogP contribution in [-0.4, -0.2) is 46.5 Å². The van der Waals surface area contributed by atoms with Crippen molar-refractivity contribution in [1.82, 2.24) is 19.8 Å². The van der Waals surface area contributed by atoms with Crippen LogP contribution >= 0.6 is 0 Å². The van der Waals surface area contributed by atoms with Gasteiger partial charge < -0.3 is 14.8 Å². The van der Waals surface area contributed by atoms with E-state index in [1.54, 1.807) is 6.20 Å². The van der Waals surface area contributed by atoms with Crippen molar-refractivity contribution in [3.63, 3.8) is 0 Å². The number of nitrogens with one attached hydrogen (secondary N) is 1. The number of carbonyl (C=O) groups is 1. The Hall–Kier alpha value is -1.69. The Morgan fingerprint density at radius 2 is 2.04 bits per heavy atom. The smallest absolute Gasteiger partial charge is 0.285 e. The molecule has 1 saturated heterocycles. The number of carbonyl (C=O) groups excluding carboxylic acids is 1. The Kier molecular flexibility index (Phi) is 3.52. The molecule has 0 radical (unpaired) electrons. The average molecular weight is 342 g/mol. The predicted octanol–water partition coefficient (Wildman–Crippen LogP) is 1.04. The molecule has 6 nitrogen and oxygen atoms in total. The number of rotatable bonds is 5. The number of fused-ring (bicyclic) bond motifs is 1. The molecule has 2 aliphatic heterocycles. The molecule has 6 heteroatoms. The van der Waals surface area contributed by atoms with E-state index in [-0.39, 0.29) is 22.4 Å². The fourth-order valence-corrected chi connectivity index (χ4v) is 4.49. The summed E-state index contributed by atoms with van der Waals surface area (Å²) in [5.41, 5.74) is 0.0449. The van der Waals surface area contributed by atoms with Crippen LogP contribution in [0.1, 0.15) is 48.3 Å². The van der Waals surface area contributed by atoms with E-state index in [1.807, 2.05) is 0 Å². The van der Waals surface area contributed by atoms with E-state index in [1.165, 1.54) is 38.6 Å². The minimum Gasteiger partial charge on any atom is -0.352 e. The summed E-state index contributed by atoms with van der Waals surface area (Å²) in [6.45, 7) is 5.06. The van der Waals surface area contributed by atoms with Gasteiger partial charge in [-0.25, -0.2) is 0 Å². The van der Waals surface area contributed by atoms with E-state index in [2.05, 4.69) is 19.8 Å². The lowest BCUT2D eigenvalue weighted by Crippen LogP contribution is -2.32. The van der Waals surface area contributed by atoms with E-state index in [0.717, 1.165) is 37.8 Å². The first kappa shape index (κ1) is 15.6. The molecule has 3 heterocycles. The highest BCUT2D eigenvalue weighted by molar-refractivity contribution is 5.93. The maximum Gasteiger partial charge on any atom is 0.285 e. The molecule has 25 heavy (non-hydrogen) atoms. The number of hydrogen-bond acceptors (Lipinski definition) is 4. The zero-order chi connectivity index (χ0) is 17.0. The second kappa shape index (κ2) is 5.66. The van der Waals surface area contributed by atoms with Crippen LogP contribution in [0.15, 0.2) is 11.0 Å². The molecule has 2 saturated carbocycles. The molecule has 2 aliphatic carbocycles. The summed E-state index contributed by atoms with van der Waals surface area (Å²) >= 11 is 0.